The monoisotopic (exact) mass is 302 g/mol. The minimum absolute atomic E-state index is 0.0675. The van der Waals surface area contributed by atoms with E-state index in [2.05, 4.69) is 0 Å². The molecule has 0 saturated heterocycles. The highest BCUT2D eigenvalue weighted by atomic mass is 16.5. The first kappa shape index (κ1) is 16.2. The van der Waals surface area contributed by atoms with E-state index in [1.807, 2.05) is 38.1 Å². The van der Waals surface area contributed by atoms with Crippen LogP contribution in [-0.2, 0) is 6.61 Å². The highest BCUT2D eigenvalue weighted by molar-refractivity contribution is 5.82. The predicted octanol–water partition coefficient (Wildman–Crippen LogP) is 3.49. The number of methoxy groups -OCH3 is 3. The molecule has 0 aromatic heterocycles. The lowest BCUT2D eigenvalue weighted by Crippen LogP contribution is -2.00. The summed E-state index contributed by atoms with van der Waals surface area (Å²) in [7, 11) is 4.88. The van der Waals surface area contributed by atoms with Crippen LogP contribution in [0.3, 0.4) is 0 Å². The van der Waals surface area contributed by atoms with Crippen molar-refractivity contribution in [2.75, 3.05) is 21.3 Å². The Hall–Kier alpha value is -2.20. The number of aliphatic hydroxyl groups excluding tert-OH is 1. The number of hydrogen-bond donors (Lipinski definition) is 1. The fraction of sp³-hybridized carbons (Fsp3) is 0.333. The Morgan fingerprint density at radius 2 is 1.45 bits per heavy atom. The van der Waals surface area contributed by atoms with E-state index in [-0.39, 0.29) is 6.61 Å². The lowest BCUT2D eigenvalue weighted by molar-refractivity contribution is 0.281. The molecule has 0 atom stereocenters. The van der Waals surface area contributed by atoms with E-state index in [1.165, 1.54) is 0 Å². The number of hydrogen-bond acceptors (Lipinski definition) is 4. The van der Waals surface area contributed by atoms with Crippen molar-refractivity contribution in [3.05, 3.63) is 41.0 Å². The van der Waals surface area contributed by atoms with Gasteiger partial charge in [-0.05, 0) is 42.7 Å². The molecule has 2 rings (SSSR count). The number of benzene rings is 2. The standard InChI is InChI=1S/C18H22O4/c1-11-6-13(10-19)18(15(7-11)21-4)17-12(2)8-14(20-3)9-16(17)22-5/h6-9,19H,10H2,1-5H3. The van der Waals surface area contributed by atoms with Gasteiger partial charge in [-0.2, -0.15) is 0 Å². The van der Waals surface area contributed by atoms with Crippen molar-refractivity contribution in [2.24, 2.45) is 0 Å². The van der Waals surface area contributed by atoms with Crippen molar-refractivity contribution >= 4 is 0 Å². The zero-order valence-electron chi connectivity index (χ0n) is 13.7. The predicted molar refractivity (Wildman–Crippen MR) is 86.9 cm³/mol. The average Bonchev–Trinajstić information content (AvgIpc) is 2.53. The van der Waals surface area contributed by atoms with Gasteiger partial charge in [-0.1, -0.05) is 6.07 Å². The van der Waals surface area contributed by atoms with Crippen LogP contribution < -0.4 is 14.2 Å². The molecule has 0 unspecified atom stereocenters. The smallest absolute Gasteiger partial charge is 0.130 e. The van der Waals surface area contributed by atoms with Crippen molar-refractivity contribution in [3.63, 3.8) is 0 Å². The molecule has 0 heterocycles. The van der Waals surface area contributed by atoms with Gasteiger partial charge in [-0.15, -0.1) is 0 Å². The SMILES string of the molecule is COc1cc(C)c(-c2c(CO)cc(C)cc2OC)c(OC)c1. The molecule has 0 saturated carbocycles. The summed E-state index contributed by atoms with van der Waals surface area (Å²) in [5.41, 5.74) is 4.60. The van der Waals surface area contributed by atoms with Crippen molar-refractivity contribution in [3.8, 4) is 28.4 Å². The summed E-state index contributed by atoms with van der Waals surface area (Å²) in [4.78, 5) is 0. The van der Waals surface area contributed by atoms with Gasteiger partial charge in [-0.25, -0.2) is 0 Å². The van der Waals surface area contributed by atoms with E-state index in [0.29, 0.717) is 5.75 Å². The lowest BCUT2D eigenvalue weighted by atomic mass is 9.92. The molecule has 0 aliphatic carbocycles. The third kappa shape index (κ3) is 2.88. The third-order valence-electron chi connectivity index (χ3n) is 3.70. The second kappa shape index (κ2) is 6.71. The maximum absolute atomic E-state index is 9.76. The molecule has 0 spiro atoms. The summed E-state index contributed by atoms with van der Waals surface area (Å²) in [6.07, 6.45) is 0. The largest absolute Gasteiger partial charge is 0.497 e. The quantitative estimate of drug-likeness (QED) is 0.918. The topological polar surface area (TPSA) is 47.9 Å². The van der Waals surface area contributed by atoms with Gasteiger partial charge in [0.1, 0.15) is 17.2 Å². The van der Waals surface area contributed by atoms with Crippen molar-refractivity contribution in [2.45, 2.75) is 20.5 Å². The molecule has 22 heavy (non-hydrogen) atoms. The van der Waals surface area contributed by atoms with E-state index < -0.39 is 0 Å². The minimum atomic E-state index is -0.0675. The van der Waals surface area contributed by atoms with Crippen LogP contribution in [0.1, 0.15) is 16.7 Å². The summed E-state index contributed by atoms with van der Waals surface area (Å²) in [5.74, 6) is 2.14. The van der Waals surface area contributed by atoms with Gasteiger partial charge in [0.05, 0.1) is 27.9 Å². The third-order valence-corrected chi connectivity index (χ3v) is 3.70. The van der Waals surface area contributed by atoms with Gasteiger partial charge in [0.2, 0.25) is 0 Å². The zero-order chi connectivity index (χ0) is 16.3. The van der Waals surface area contributed by atoms with Crippen LogP contribution in [0.5, 0.6) is 17.2 Å². The van der Waals surface area contributed by atoms with Crippen LogP contribution >= 0.6 is 0 Å². The molecule has 0 aliphatic heterocycles. The molecule has 0 aliphatic rings. The molecular formula is C18H22O4. The van der Waals surface area contributed by atoms with Crippen LogP contribution in [0.25, 0.3) is 11.1 Å². The van der Waals surface area contributed by atoms with Gasteiger partial charge < -0.3 is 19.3 Å². The van der Waals surface area contributed by atoms with Gasteiger partial charge in [0.15, 0.2) is 0 Å². The summed E-state index contributed by atoms with van der Waals surface area (Å²) in [6, 6.07) is 7.69. The number of rotatable bonds is 5. The van der Waals surface area contributed by atoms with Gasteiger partial charge in [-0.3, -0.25) is 0 Å². The molecule has 0 fully saturated rings. The maximum Gasteiger partial charge on any atom is 0.130 e. The molecule has 0 radical (unpaired) electrons. The molecule has 4 heteroatoms. The van der Waals surface area contributed by atoms with Gasteiger partial charge in [0, 0.05) is 17.2 Å². The number of aliphatic hydroxyl groups is 1. The summed E-state index contributed by atoms with van der Waals surface area (Å²) >= 11 is 0. The van der Waals surface area contributed by atoms with Crippen LogP contribution in [0.15, 0.2) is 24.3 Å². The molecule has 0 bridgehead atoms. The fourth-order valence-corrected chi connectivity index (χ4v) is 2.72. The molecule has 118 valence electrons. The highest BCUT2D eigenvalue weighted by Crippen LogP contribution is 2.43. The van der Waals surface area contributed by atoms with Crippen LogP contribution in [0.4, 0.5) is 0 Å². The summed E-state index contributed by atoms with van der Waals surface area (Å²) in [5, 5.41) is 9.76. The first-order chi connectivity index (χ1) is 10.5. The second-order valence-corrected chi connectivity index (χ2v) is 5.18. The molecule has 2 aromatic carbocycles. The Labute approximate surface area is 131 Å². The first-order valence-electron chi connectivity index (χ1n) is 7.07. The highest BCUT2D eigenvalue weighted by Gasteiger charge is 2.19. The van der Waals surface area contributed by atoms with Crippen molar-refractivity contribution in [1.82, 2.24) is 0 Å². The molecule has 1 N–H and O–H groups in total. The molecule has 2 aromatic rings. The Kier molecular flexibility index (Phi) is 4.93. The van der Waals surface area contributed by atoms with Crippen molar-refractivity contribution in [1.29, 1.82) is 0 Å². The van der Waals surface area contributed by atoms with Gasteiger partial charge in [0.25, 0.3) is 0 Å². The Morgan fingerprint density at radius 3 is 2.00 bits per heavy atom. The van der Waals surface area contributed by atoms with Gasteiger partial charge >= 0.3 is 0 Å². The Morgan fingerprint density at radius 1 is 0.818 bits per heavy atom. The van der Waals surface area contributed by atoms with E-state index in [4.69, 9.17) is 14.2 Å². The molecule has 4 nitrogen and oxygen atoms in total. The molecular weight excluding hydrogens is 280 g/mol. The van der Waals surface area contributed by atoms with Crippen molar-refractivity contribution < 1.29 is 19.3 Å². The normalized spacial score (nSPS) is 10.5. The van der Waals surface area contributed by atoms with E-state index in [1.54, 1.807) is 21.3 Å². The number of ether oxygens (including phenoxy) is 3. The Balaban J connectivity index is 2.81. The van der Waals surface area contributed by atoms with Crippen LogP contribution in [0, 0.1) is 13.8 Å². The minimum Gasteiger partial charge on any atom is -0.497 e. The molecule has 0 amide bonds. The Bertz CT molecular complexity index is 652. The average molecular weight is 302 g/mol. The first-order valence-corrected chi connectivity index (χ1v) is 7.07. The fourth-order valence-electron chi connectivity index (χ4n) is 2.72. The van der Waals surface area contributed by atoms with E-state index in [9.17, 15) is 5.11 Å². The summed E-state index contributed by atoms with van der Waals surface area (Å²) < 4.78 is 16.4. The zero-order valence-corrected chi connectivity index (χ0v) is 13.7. The second-order valence-electron chi connectivity index (χ2n) is 5.18. The number of aryl methyl sites for hydroxylation is 2. The lowest BCUT2D eigenvalue weighted by Gasteiger charge is -2.19. The van der Waals surface area contributed by atoms with Crippen LogP contribution in [-0.4, -0.2) is 26.4 Å². The van der Waals surface area contributed by atoms with E-state index in [0.717, 1.165) is 39.3 Å². The van der Waals surface area contributed by atoms with Crippen LogP contribution in [0.2, 0.25) is 0 Å². The maximum atomic E-state index is 9.76. The van der Waals surface area contributed by atoms with E-state index >= 15 is 0 Å². The summed E-state index contributed by atoms with van der Waals surface area (Å²) in [6.45, 7) is 3.90.